The number of fused-ring (bicyclic) bond motifs is 3. The molecule has 1 fully saturated rings. The normalized spacial score (nSPS) is 24.4. The van der Waals surface area contributed by atoms with E-state index in [4.69, 9.17) is 10.2 Å². The maximum Gasteiger partial charge on any atom is 0.155 e. The molecule has 2 heterocycles. The summed E-state index contributed by atoms with van der Waals surface area (Å²) in [5, 5.41) is 16.7. The number of furan rings is 1. The van der Waals surface area contributed by atoms with Crippen molar-refractivity contribution in [2.45, 2.75) is 38.5 Å². The second-order valence-corrected chi connectivity index (χ2v) is 13.4. The lowest BCUT2D eigenvalue weighted by Crippen LogP contribution is -2.58. The third kappa shape index (κ3) is 5.36. The molecule has 1 aliphatic heterocycles. The average molecular weight is 630 g/mol. The fourth-order valence-electron chi connectivity index (χ4n) is 7.87. The molecule has 3 aliphatic rings. The first-order valence-electron chi connectivity index (χ1n) is 16.8. The van der Waals surface area contributed by atoms with E-state index in [0.717, 1.165) is 34.7 Å². The molecule has 4 N–H and O–H groups in total. The van der Waals surface area contributed by atoms with Gasteiger partial charge in [-0.15, -0.1) is 0 Å². The van der Waals surface area contributed by atoms with E-state index in [1.165, 1.54) is 27.6 Å². The maximum absolute atomic E-state index is 9.51. The van der Waals surface area contributed by atoms with Gasteiger partial charge >= 0.3 is 0 Å². The molecule has 5 unspecified atom stereocenters. The van der Waals surface area contributed by atoms with Gasteiger partial charge in [0.2, 0.25) is 0 Å². The minimum atomic E-state index is -0.730. The van der Waals surface area contributed by atoms with Gasteiger partial charge in [0.05, 0.1) is 23.0 Å². The fraction of sp³-hybridized carbons (Fsp3) is 0.214. The molecule has 1 aromatic heterocycles. The van der Waals surface area contributed by atoms with Crippen molar-refractivity contribution in [2.24, 2.45) is 23.5 Å². The van der Waals surface area contributed by atoms with E-state index in [0.29, 0.717) is 17.9 Å². The van der Waals surface area contributed by atoms with Crippen molar-refractivity contribution >= 4 is 22.2 Å². The number of para-hydroxylation sites is 1. The predicted octanol–water partition coefficient (Wildman–Crippen LogP) is 8.08. The van der Waals surface area contributed by atoms with E-state index < -0.39 is 5.66 Å². The van der Waals surface area contributed by atoms with Gasteiger partial charge in [-0.1, -0.05) is 117 Å². The predicted molar refractivity (Wildman–Crippen MR) is 191 cm³/mol. The number of nitrogens with one attached hydrogen (secondary N) is 2. The number of hydrogen-bond donors (Lipinski definition) is 3. The minimum Gasteiger partial charge on any atom is -0.454 e. The quantitative estimate of drug-likeness (QED) is 0.150. The molecule has 0 radical (unpaired) electrons. The van der Waals surface area contributed by atoms with Gasteiger partial charge in [-0.3, -0.25) is 0 Å². The summed E-state index contributed by atoms with van der Waals surface area (Å²) >= 11 is 0. The standard InChI is InChI=1S/C42H39N5O/c1-27-22-33(45-39-38(31-15-7-4-8-16-31)28(2)23-35-34-18-9-10-19-37(34)48-40(35)39)20-21-36(27)42(44,25-29-12-5-3-6-13-29)47-41(46-47)32-17-11-14-30(24-32)26-43/h3-22,24,27-28,36,41,45-46H,23,25,44H2,1-2H3/t27?,28?,36?,41?,42-,47?/m1/s1. The molecule has 8 rings (SSSR count). The summed E-state index contributed by atoms with van der Waals surface area (Å²) in [5.41, 5.74) is 19.9. The Morgan fingerprint density at radius 1 is 0.958 bits per heavy atom. The molecule has 6 atom stereocenters. The third-order valence-electron chi connectivity index (χ3n) is 10.2. The molecule has 6 nitrogen and oxygen atoms in total. The number of allylic oxidation sites excluding steroid dienone is 3. The first-order chi connectivity index (χ1) is 23.4. The highest BCUT2D eigenvalue weighted by Gasteiger charge is 2.53. The second kappa shape index (κ2) is 12.1. The molecule has 5 aromatic rings. The minimum absolute atomic E-state index is 0.00881. The SMILES string of the molecule is CC1Cc2c(oc3ccccc23)C(NC2=CC(C)C([C@@](N)(Cc3ccccc3)N3NC3c3cccc(C#N)c3)C=C2)=C1c1ccccc1. The zero-order valence-electron chi connectivity index (χ0n) is 27.2. The number of nitrogens with zero attached hydrogens (tertiary/aromatic N) is 2. The van der Waals surface area contributed by atoms with Crippen LogP contribution in [0.2, 0.25) is 0 Å². The van der Waals surface area contributed by atoms with Crippen LogP contribution >= 0.6 is 0 Å². The Hall–Kier alpha value is -5.19. The van der Waals surface area contributed by atoms with Crippen LogP contribution in [-0.2, 0) is 12.8 Å². The molecular weight excluding hydrogens is 590 g/mol. The number of hydrogen-bond acceptors (Lipinski definition) is 6. The Kier molecular flexibility index (Phi) is 7.61. The molecule has 48 heavy (non-hydrogen) atoms. The lowest BCUT2D eigenvalue weighted by Gasteiger charge is -2.41. The second-order valence-electron chi connectivity index (χ2n) is 13.4. The molecule has 0 amide bonds. The van der Waals surface area contributed by atoms with Crippen LogP contribution in [0.15, 0.2) is 138 Å². The van der Waals surface area contributed by atoms with E-state index in [1.54, 1.807) is 0 Å². The van der Waals surface area contributed by atoms with Crippen LogP contribution in [0, 0.1) is 29.1 Å². The fourth-order valence-corrected chi connectivity index (χ4v) is 7.87. The van der Waals surface area contributed by atoms with Crippen LogP contribution in [0.5, 0.6) is 0 Å². The van der Waals surface area contributed by atoms with Gasteiger partial charge in [0.1, 0.15) is 11.7 Å². The third-order valence-corrected chi connectivity index (χ3v) is 10.2. The van der Waals surface area contributed by atoms with Gasteiger partial charge in [-0.25, -0.2) is 5.43 Å². The highest BCUT2D eigenvalue weighted by atomic mass is 16.3. The topological polar surface area (TPSA) is 99.9 Å². The zero-order valence-corrected chi connectivity index (χ0v) is 27.2. The van der Waals surface area contributed by atoms with Crippen LogP contribution in [0.25, 0.3) is 22.2 Å². The van der Waals surface area contributed by atoms with E-state index in [2.05, 4.69) is 133 Å². The first kappa shape index (κ1) is 30.2. The lowest BCUT2D eigenvalue weighted by molar-refractivity contribution is 0.117. The molecule has 238 valence electrons. The van der Waals surface area contributed by atoms with Crippen molar-refractivity contribution in [2.75, 3.05) is 0 Å². The van der Waals surface area contributed by atoms with Crippen molar-refractivity contribution in [3.05, 3.63) is 167 Å². The van der Waals surface area contributed by atoms with E-state index in [1.807, 2.05) is 30.3 Å². The number of nitrogens with two attached hydrogens (primary N) is 1. The molecule has 6 heteroatoms. The summed E-state index contributed by atoms with van der Waals surface area (Å²) in [6, 6.07) is 39.5. The van der Waals surface area contributed by atoms with Crippen LogP contribution in [0.1, 0.15) is 53.6 Å². The Balaban J connectivity index is 1.14. The molecule has 1 saturated heterocycles. The lowest BCUT2D eigenvalue weighted by atomic mass is 9.76. The number of hydrazine groups is 1. The molecule has 0 saturated carbocycles. The summed E-state index contributed by atoms with van der Waals surface area (Å²) in [5.74, 6) is 1.35. The highest BCUT2D eigenvalue weighted by molar-refractivity contribution is 5.97. The van der Waals surface area contributed by atoms with Crippen LogP contribution < -0.4 is 16.5 Å². The molecule has 4 aromatic carbocycles. The monoisotopic (exact) mass is 629 g/mol. The van der Waals surface area contributed by atoms with Crippen molar-refractivity contribution in [1.29, 1.82) is 5.26 Å². The van der Waals surface area contributed by atoms with Gasteiger partial charge in [0.15, 0.2) is 5.76 Å². The van der Waals surface area contributed by atoms with Gasteiger partial charge < -0.3 is 15.5 Å². The Morgan fingerprint density at radius 2 is 1.71 bits per heavy atom. The highest BCUT2D eigenvalue weighted by Crippen LogP contribution is 2.46. The van der Waals surface area contributed by atoms with E-state index >= 15 is 0 Å². The van der Waals surface area contributed by atoms with Crippen molar-refractivity contribution in [3.8, 4) is 6.07 Å². The summed E-state index contributed by atoms with van der Waals surface area (Å²) in [4.78, 5) is 0. The number of nitriles is 1. The van der Waals surface area contributed by atoms with Gasteiger partial charge in [-0.05, 0) is 64.8 Å². The van der Waals surface area contributed by atoms with Gasteiger partial charge in [-0.2, -0.15) is 10.3 Å². The first-order valence-corrected chi connectivity index (χ1v) is 16.8. The maximum atomic E-state index is 9.51. The summed E-state index contributed by atoms with van der Waals surface area (Å²) in [6.07, 6.45) is 8.28. The van der Waals surface area contributed by atoms with E-state index in [9.17, 15) is 5.26 Å². The Morgan fingerprint density at radius 3 is 2.48 bits per heavy atom. The van der Waals surface area contributed by atoms with Crippen LogP contribution in [-0.4, -0.2) is 10.7 Å². The Bertz CT molecular complexity index is 2120. The van der Waals surface area contributed by atoms with Gasteiger partial charge in [0.25, 0.3) is 0 Å². The largest absolute Gasteiger partial charge is 0.454 e. The van der Waals surface area contributed by atoms with Crippen molar-refractivity contribution in [1.82, 2.24) is 15.8 Å². The van der Waals surface area contributed by atoms with Crippen molar-refractivity contribution < 1.29 is 4.42 Å². The Labute approximate surface area is 281 Å². The van der Waals surface area contributed by atoms with Crippen molar-refractivity contribution in [3.63, 3.8) is 0 Å². The number of rotatable bonds is 8. The zero-order chi connectivity index (χ0) is 32.8. The molecule has 0 spiro atoms. The summed E-state index contributed by atoms with van der Waals surface area (Å²) in [6.45, 7) is 4.56. The van der Waals surface area contributed by atoms with Crippen LogP contribution in [0.3, 0.4) is 0 Å². The summed E-state index contributed by atoms with van der Waals surface area (Å²) in [7, 11) is 0. The summed E-state index contributed by atoms with van der Waals surface area (Å²) < 4.78 is 6.60. The smallest absolute Gasteiger partial charge is 0.155 e. The molecule has 2 aliphatic carbocycles. The number of benzene rings is 4. The molecular formula is C42H39N5O. The van der Waals surface area contributed by atoms with E-state index in [-0.39, 0.29) is 18.0 Å². The average Bonchev–Trinajstić information content (AvgIpc) is 3.85. The molecule has 0 bridgehead atoms. The van der Waals surface area contributed by atoms with Gasteiger partial charge in [0, 0.05) is 29.0 Å². The van der Waals surface area contributed by atoms with Crippen LogP contribution in [0.4, 0.5) is 0 Å².